The maximum absolute atomic E-state index is 11.0. The van der Waals surface area contributed by atoms with Crippen molar-refractivity contribution in [2.45, 2.75) is 12.8 Å². The average Bonchev–Trinajstić information content (AvgIpc) is 3.18. The van der Waals surface area contributed by atoms with Gasteiger partial charge in [0.05, 0.1) is 13.7 Å². The van der Waals surface area contributed by atoms with Gasteiger partial charge in [0.15, 0.2) is 6.79 Å². The van der Waals surface area contributed by atoms with Crippen LogP contribution in [-0.4, -0.2) is 31.6 Å². The van der Waals surface area contributed by atoms with Gasteiger partial charge in [-0.25, -0.2) is 4.79 Å². The first-order valence-electron chi connectivity index (χ1n) is 5.82. The van der Waals surface area contributed by atoms with E-state index in [9.17, 15) is 4.79 Å². The smallest absolute Gasteiger partial charge is 0.339 e. The van der Waals surface area contributed by atoms with Crippen LogP contribution in [0, 0.1) is 5.92 Å². The Labute approximate surface area is 105 Å². The Morgan fingerprint density at radius 3 is 2.83 bits per heavy atom. The van der Waals surface area contributed by atoms with E-state index >= 15 is 0 Å². The van der Waals surface area contributed by atoms with Gasteiger partial charge in [-0.2, -0.15) is 0 Å². The zero-order valence-electron chi connectivity index (χ0n) is 10.2. The summed E-state index contributed by atoms with van der Waals surface area (Å²) in [6.07, 6.45) is 2.42. The standard InChI is InChI=1S/C13H16O5/c1-16-10-4-5-11(13(14)15)12(6-10)18-8-17-7-9-2-3-9/h4-6,9H,2-3,7-8H2,1H3,(H,14,15). The fourth-order valence-corrected chi connectivity index (χ4v) is 1.53. The van der Waals surface area contributed by atoms with E-state index in [1.165, 1.54) is 26.0 Å². The van der Waals surface area contributed by atoms with Crippen LogP contribution in [-0.2, 0) is 4.74 Å². The summed E-state index contributed by atoms with van der Waals surface area (Å²) >= 11 is 0. The van der Waals surface area contributed by atoms with Crippen LogP contribution in [0.5, 0.6) is 11.5 Å². The molecule has 1 aromatic carbocycles. The van der Waals surface area contributed by atoms with Gasteiger partial charge in [0, 0.05) is 6.07 Å². The van der Waals surface area contributed by atoms with E-state index in [-0.39, 0.29) is 18.1 Å². The van der Waals surface area contributed by atoms with E-state index in [0.717, 1.165) is 0 Å². The summed E-state index contributed by atoms with van der Waals surface area (Å²) in [5.74, 6) is 0.433. The van der Waals surface area contributed by atoms with E-state index in [4.69, 9.17) is 19.3 Å². The first-order chi connectivity index (χ1) is 8.70. The maximum atomic E-state index is 11.0. The predicted molar refractivity (Wildman–Crippen MR) is 64.1 cm³/mol. The van der Waals surface area contributed by atoms with E-state index in [2.05, 4.69) is 0 Å². The molecule has 0 radical (unpaired) electrons. The molecule has 0 aliphatic heterocycles. The number of hydrogen-bond acceptors (Lipinski definition) is 4. The van der Waals surface area contributed by atoms with Crippen molar-refractivity contribution < 1.29 is 24.1 Å². The van der Waals surface area contributed by atoms with Crippen LogP contribution < -0.4 is 9.47 Å². The molecule has 1 aromatic rings. The fraction of sp³-hybridized carbons (Fsp3) is 0.462. The third kappa shape index (κ3) is 3.37. The van der Waals surface area contributed by atoms with Crippen LogP contribution in [0.2, 0.25) is 0 Å². The van der Waals surface area contributed by atoms with Crippen molar-refractivity contribution in [3.05, 3.63) is 23.8 Å². The van der Waals surface area contributed by atoms with E-state index in [0.29, 0.717) is 18.3 Å². The zero-order chi connectivity index (χ0) is 13.0. The lowest BCUT2D eigenvalue weighted by atomic mass is 10.2. The SMILES string of the molecule is COc1ccc(C(=O)O)c(OCOCC2CC2)c1. The second-order valence-electron chi connectivity index (χ2n) is 4.24. The molecular weight excluding hydrogens is 236 g/mol. The van der Waals surface area contributed by atoms with Gasteiger partial charge in [0.2, 0.25) is 0 Å². The minimum atomic E-state index is -1.03. The second-order valence-corrected chi connectivity index (χ2v) is 4.24. The maximum Gasteiger partial charge on any atom is 0.339 e. The first kappa shape index (κ1) is 12.7. The van der Waals surface area contributed by atoms with Gasteiger partial charge < -0.3 is 19.3 Å². The molecule has 0 saturated heterocycles. The number of carboxylic acid groups (broad SMARTS) is 1. The van der Waals surface area contributed by atoms with Crippen LogP contribution in [0.1, 0.15) is 23.2 Å². The molecule has 1 fully saturated rings. The van der Waals surface area contributed by atoms with Crippen molar-refractivity contribution in [2.75, 3.05) is 20.5 Å². The Balaban J connectivity index is 1.95. The van der Waals surface area contributed by atoms with Crippen molar-refractivity contribution in [3.63, 3.8) is 0 Å². The highest BCUT2D eigenvalue weighted by Gasteiger charge is 2.21. The zero-order valence-corrected chi connectivity index (χ0v) is 10.2. The average molecular weight is 252 g/mol. The van der Waals surface area contributed by atoms with Crippen LogP contribution in [0.15, 0.2) is 18.2 Å². The number of ether oxygens (including phenoxy) is 3. The number of hydrogen-bond donors (Lipinski definition) is 1. The molecule has 1 aliphatic carbocycles. The molecule has 0 bridgehead atoms. The molecule has 0 spiro atoms. The molecule has 5 nitrogen and oxygen atoms in total. The lowest BCUT2D eigenvalue weighted by Crippen LogP contribution is -2.08. The topological polar surface area (TPSA) is 65.0 Å². The summed E-state index contributed by atoms with van der Waals surface area (Å²) in [4.78, 5) is 11.0. The second kappa shape index (κ2) is 5.73. The van der Waals surface area contributed by atoms with Gasteiger partial charge in [-0.05, 0) is 30.9 Å². The highest BCUT2D eigenvalue weighted by molar-refractivity contribution is 5.91. The van der Waals surface area contributed by atoms with E-state index < -0.39 is 5.97 Å². The Morgan fingerprint density at radius 1 is 1.44 bits per heavy atom. The van der Waals surface area contributed by atoms with Gasteiger partial charge in [0.25, 0.3) is 0 Å². The third-order valence-electron chi connectivity index (χ3n) is 2.77. The molecule has 0 heterocycles. The minimum Gasteiger partial charge on any atom is -0.497 e. The number of benzene rings is 1. The van der Waals surface area contributed by atoms with Crippen molar-refractivity contribution in [3.8, 4) is 11.5 Å². The summed E-state index contributed by atoms with van der Waals surface area (Å²) in [5, 5.41) is 9.02. The summed E-state index contributed by atoms with van der Waals surface area (Å²) in [6.45, 7) is 0.732. The largest absolute Gasteiger partial charge is 0.497 e. The highest BCUT2D eigenvalue weighted by Crippen LogP contribution is 2.29. The molecule has 1 N–H and O–H groups in total. The van der Waals surface area contributed by atoms with Crippen LogP contribution in [0.4, 0.5) is 0 Å². The Hall–Kier alpha value is -1.75. The molecular formula is C13H16O5. The molecule has 5 heteroatoms. The summed E-state index contributed by atoms with van der Waals surface area (Å²) < 4.78 is 15.7. The Kier molecular flexibility index (Phi) is 4.04. The highest BCUT2D eigenvalue weighted by atomic mass is 16.7. The molecule has 18 heavy (non-hydrogen) atoms. The molecule has 1 aliphatic rings. The number of aromatic carboxylic acids is 1. The quantitative estimate of drug-likeness (QED) is 0.595. The van der Waals surface area contributed by atoms with Gasteiger partial charge >= 0.3 is 5.97 Å². The van der Waals surface area contributed by atoms with Crippen LogP contribution >= 0.6 is 0 Å². The van der Waals surface area contributed by atoms with Crippen LogP contribution in [0.25, 0.3) is 0 Å². The van der Waals surface area contributed by atoms with E-state index in [1.54, 1.807) is 12.1 Å². The summed E-state index contributed by atoms with van der Waals surface area (Å²) in [7, 11) is 1.52. The lowest BCUT2D eigenvalue weighted by Gasteiger charge is -2.10. The molecule has 0 amide bonds. The number of carbonyl (C=O) groups is 1. The minimum absolute atomic E-state index is 0.0595. The number of carboxylic acids is 1. The lowest BCUT2D eigenvalue weighted by molar-refractivity contribution is 0.00910. The Bertz CT molecular complexity index is 425. The van der Waals surface area contributed by atoms with Crippen molar-refractivity contribution in [2.24, 2.45) is 5.92 Å². The molecule has 0 aromatic heterocycles. The molecule has 0 unspecified atom stereocenters. The van der Waals surface area contributed by atoms with Gasteiger partial charge in [-0.15, -0.1) is 0 Å². The predicted octanol–water partition coefficient (Wildman–Crippen LogP) is 2.16. The van der Waals surface area contributed by atoms with E-state index in [1.807, 2.05) is 0 Å². The fourth-order valence-electron chi connectivity index (χ4n) is 1.53. The third-order valence-corrected chi connectivity index (χ3v) is 2.77. The Morgan fingerprint density at radius 2 is 2.22 bits per heavy atom. The van der Waals surface area contributed by atoms with Gasteiger partial charge in [0.1, 0.15) is 17.1 Å². The molecule has 0 atom stereocenters. The summed E-state index contributed by atoms with van der Waals surface area (Å²) in [6, 6.07) is 4.59. The summed E-state index contributed by atoms with van der Waals surface area (Å²) in [5.41, 5.74) is 0.103. The van der Waals surface area contributed by atoms with Gasteiger partial charge in [-0.3, -0.25) is 0 Å². The first-order valence-corrected chi connectivity index (χ1v) is 5.82. The number of rotatable bonds is 7. The van der Waals surface area contributed by atoms with Crippen molar-refractivity contribution in [1.29, 1.82) is 0 Å². The number of methoxy groups -OCH3 is 1. The molecule has 98 valence electrons. The molecule has 1 saturated carbocycles. The monoisotopic (exact) mass is 252 g/mol. The van der Waals surface area contributed by atoms with Gasteiger partial charge in [-0.1, -0.05) is 0 Å². The van der Waals surface area contributed by atoms with Crippen LogP contribution in [0.3, 0.4) is 0 Å². The molecule has 2 rings (SSSR count). The van der Waals surface area contributed by atoms with Crippen molar-refractivity contribution in [1.82, 2.24) is 0 Å². The van der Waals surface area contributed by atoms with Crippen molar-refractivity contribution >= 4 is 5.97 Å². The normalized spacial score (nSPS) is 14.3.